The summed E-state index contributed by atoms with van der Waals surface area (Å²) in [6.07, 6.45) is 1.12. The van der Waals surface area contributed by atoms with Gasteiger partial charge in [0.15, 0.2) is 5.78 Å². The molecule has 0 amide bonds. The van der Waals surface area contributed by atoms with Crippen LogP contribution in [0.25, 0.3) is 11.3 Å². The van der Waals surface area contributed by atoms with Crippen molar-refractivity contribution in [2.75, 3.05) is 13.2 Å². The number of ether oxygens (including phenoxy) is 1. The van der Waals surface area contributed by atoms with E-state index in [0.717, 1.165) is 0 Å². The number of rotatable bonds is 6. The second-order valence-corrected chi connectivity index (χ2v) is 6.06. The summed E-state index contributed by atoms with van der Waals surface area (Å²) in [6, 6.07) is 6.97. The zero-order chi connectivity index (χ0) is 19.6. The van der Waals surface area contributed by atoms with Crippen molar-refractivity contribution in [1.82, 2.24) is 0 Å². The van der Waals surface area contributed by atoms with Crippen molar-refractivity contribution >= 4 is 23.9 Å². The van der Waals surface area contributed by atoms with Crippen molar-refractivity contribution in [3.8, 4) is 11.3 Å². The SMILES string of the molecule is CCOC(=O)c1c(C)oc2c1[C@H](C=NCCC(=O)[O-])C(=O)c1ccccc1-2. The number of aliphatic imine (C=N–C) groups is 1. The summed E-state index contributed by atoms with van der Waals surface area (Å²) >= 11 is 0. The number of benzene rings is 1. The van der Waals surface area contributed by atoms with E-state index in [1.165, 1.54) is 6.21 Å². The van der Waals surface area contributed by atoms with Gasteiger partial charge in [-0.15, -0.1) is 0 Å². The molecule has 1 heterocycles. The van der Waals surface area contributed by atoms with Gasteiger partial charge in [-0.2, -0.15) is 0 Å². The van der Waals surface area contributed by atoms with Crippen LogP contribution in [0.15, 0.2) is 33.7 Å². The van der Waals surface area contributed by atoms with Gasteiger partial charge in [0.05, 0.1) is 12.5 Å². The lowest BCUT2D eigenvalue weighted by atomic mass is 9.80. The highest BCUT2D eigenvalue weighted by atomic mass is 16.5. The molecule has 0 aliphatic heterocycles. The molecule has 7 nitrogen and oxygen atoms in total. The average Bonchev–Trinajstić information content (AvgIpc) is 2.98. The highest BCUT2D eigenvalue weighted by Crippen LogP contribution is 2.43. The first-order valence-electron chi connectivity index (χ1n) is 8.59. The normalized spacial score (nSPS) is 15.5. The fourth-order valence-electron chi connectivity index (χ4n) is 3.19. The molecule has 1 atom stereocenters. The molecule has 1 aromatic carbocycles. The second-order valence-electron chi connectivity index (χ2n) is 6.06. The van der Waals surface area contributed by atoms with Crippen LogP contribution in [0, 0.1) is 6.92 Å². The zero-order valence-electron chi connectivity index (χ0n) is 15.0. The highest BCUT2D eigenvalue weighted by Gasteiger charge is 2.39. The lowest BCUT2D eigenvalue weighted by molar-refractivity contribution is -0.305. The predicted molar refractivity (Wildman–Crippen MR) is 94.9 cm³/mol. The van der Waals surface area contributed by atoms with E-state index in [1.54, 1.807) is 38.1 Å². The Kier molecular flexibility index (Phi) is 5.21. The number of carbonyl (C=O) groups excluding carboxylic acids is 3. The van der Waals surface area contributed by atoms with Gasteiger partial charge in [0.2, 0.25) is 0 Å². The first-order valence-corrected chi connectivity index (χ1v) is 8.59. The summed E-state index contributed by atoms with van der Waals surface area (Å²) in [7, 11) is 0. The molecule has 0 fully saturated rings. The molecule has 7 heteroatoms. The summed E-state index contributed by atoms with van der Waals surface area (Å²) in [5, 5.41) is 10.6. The number of furan rings is 1. The third kappa shape index (κ3) is 3.40. The van der Waals surface area contributed by atoms with Gasteiger partial charge in [-0.1, -0.05) is 24.3 Å². The summed E-state index contributed by atoms with van der Waals surface area (Å²) in [5.41, 5.74) is 1.69. The van der Waals surface area contributed by atoms with Crippen LogP contribution in [0.3, 0.4) is 0 Å². The predicted octanol–water partition coefficient (Wildman–Crippen LogP) is 1.92. The topological polar surface area (TPSA) is 109 Å². The van der Waals surface area contributed by atoms with Gasteiger partial charge in [0, 0.05) is 41.8 Å². The third-order valence-corrected chi connectivity index (χ3v) is 4.33. The average molecular weight is 368 g/mol. The van der Waals surface area contributed by atoms with Crippen LogP contribution in [0.2, 0.25) is 0 Å². The van der Waals surface area contributed by atoms with Gasteiger partial charge in [-0.3, -0.25) is 9.79 Å². The molecule has 1 aliphatic carbocycles. The van der Waals surface area contributed by atoms with E-state index in [1.807, 2.05) is 0 Å². The molecule has 2 aromatic rings. The number of nitrogens with zero attached hydrogens (tertiary/aromatic N) is 1. The molecular weight excluding hydrogens is 350 g/mol. The van der Waals surface area contributed by atoms with Crippen LogP contribution in [-0.4, -0.2) is 37.1 Å². The molecule has 140 valence electrons. The number of carbonyl (C=O) groups is 3. The van der Waals surface area contributed by atoms with E-state index in [2.05, 4.69) is 4.99 Å². The molecule has 1 aliphatic rings. The number of fused-ring (bicyclic) bond motifs is 3. The Morgan fingerprint density at radius 2 is 2.00 bits per heavy atom. The van der Waals surface area contributed by atoms with Crippen LogP contribution in [0.5, 0.6) is 0 Å². The molecule has 0 saturated heterocycles. The summed E-state index contributed by atoms with van der Waals surface area (Å²) in [6.45, 7) is 3.50. The van der Waals surface area contributed by atoms with E-state index >= 15 is 0 Å². The molecule has 3 rings (SSSR count). The first kappa shape index (κ1) is 18.6. The Morgan fingerprint density at radius 1 is 1.30 bits per heavy atom. The molecular formula is C20H18NO6-. The minimum atomic E-state index is -1.22. The maximum atomic E-state index is 13.0. The molecule has 1 aromatic heterocycles. The molecule has 27 heavy (non-hydrogen) atoms. The summed E-state index contributed by atoms with van der Waals surface area (Å²) in [5.74, 6) is -2.09. The number of aliphatic carboxylic acids is 1. The smallest absolute Gasteiger partial charge is 0.342 e. The zero-order valence-corrected chi connectivity index (χ0v) is 15.0. The third-order valence-electron chi connectivity index (χ3n) is 4.33. The van der Waals surface area contributed by atoms with Gasteiger partial charge in [0.25, 0.3) is 0 Å². The molecule has 0 bridgehead atoms. The molecule has 0 spiro atoms. The Balaban J connectivity index is 2.13. The second kappa shape index (κ2) is 7.57. The van der Waals surface area contributed by atoms with Crippen molar-refractivity contribution in [3.63, 3.8) is 0 Å². The summed E-state index contributed by atoms with van der Waals surface area (Å²) in [4.78, 5) is 40.1. The highest BCUT2D eigenvalue weighted by molar-refractivity contribution is 6.18. The largest absolute Gasteiger partial charge is 0.550 e. The Hall–Kier alpha value is -3.22. The van der Waals surface area contributed by atoms with Crippen molar-refractivity contribution < 1.29 is 28.6 Å². The van der Waals surface area contributed by atoms with Crippen molar-refractivity contribution in [1.29, 1.82) is 0 Å². The number of carboxylic acid groups (broad SMARTS) is 1. The minimum Gasteiger partial charge on any atom is -0.550 e. The Morgan fingerprint density at radius 3 is 2.67 bits per heavy atom. The lowest BCUT2D eigenvalue weighted by Gasteiger charge is -2.21. The Labute approximate surface area is 155 Å². The number of esters is 1. The van der Waals surface area contributed by atoms with E-state index in [0.29, 0.717) is 28.2 Å². The maximum Gasteiger partial charge on any atom is 0.342 e. The van der Waals surface area contributed by atoms with Gasteiger partial charge in [-0.05, 0) is 13.8 Å². The van der Waals surface area contributed by atoms with Gasteiger partial charge in [0.1, 0.15) is 17.1 Å². The van der Waals surface area contributed by atoms with E-state index in [-0.39, 0.29) is 30.9 Å². The fraction of sp³-hybridized carbons (Fsp3) is 0.300. The van der Waals surface area contributed by atoms with Gasteiger partial charge in [-0.25, -0.2) is 4.79 Å². The standard InChI is InChI=1S/C20H19NO6/c1-3-26-20(25)16-11(2)27-19-13-7-5-4-6-12(13)18(24)14(17(16)19)10-21-9-8-15(22)23/h4-7,10,14H,3,8-9H2,1-2H3,(H,22,23)/p-1/t14-/m0/s1. The summed E-state index contributed by atoms with van der Waals surface area (Å²) < 4.78 is 11.0. The molecule has 0 N–H and O–H groups in total. The van der Waals surface area contributed by atoms with Gasteiger partial charge < -0.3 is 19.1 Å². The Bertz CT molecular complexity index is 940. The molecule has 0 radical (unpaired) electrons. The van der Waals surface area contributed by atoms with Crippen LogP contribution in [-0.2, 0) is 9.53 Å². The number of ketones is 1. The molecule has 0 saturated carbocycles. The number of hydrogen-bond donors (Lipinski definition) is 0. The van der Waals surface area contributed by atoms with Crippen molar-refractivity contribution in [2.45, 2.75) is 26.2 Å². The van der Waals surface area contributed by atoms with E-state index in [4.69, 9.17) is 9.15 Å². The van der Waals surface area contributed by atoms with E-state index < -0.39 is 17.9 Å². The molecule has 0 unspecified atom stereocenters. The minimum absolute atomic E-state index is 0.0192. The number of aryl methyl sites for hydroxylation is 1. The number of carboxylic acids is 1. The monoisotopic (exact) mass is 368 g/mol. The van der Waals surface area contributed by atoms with Crippen molar-refractivity contribution in [2.24, 2.45) is 4.99 Å². The lowest BCUT2D eigenvalue weighted by Crippen LogP contribution is -2.24. The van der Waals surface area contributed by atoms with Crippen LogP contribution >= 0.6 is 0 Å². The van der Waals surface area contributed by atoms with Crippen LogP contribution in [0.4, 0.5) is 0 Å². The van der Waals surface area contributed by atoms with Crippen LogP contribution in [0.1, 0.15) is 51.3 Å². The first-order chi connectivity index (χ1) is 13.0. The number of hydrogen-bond acceptors (Lipinski definition) is 7. The van der Waals surface area contributed by atoms with E-state index in [9.17, 15) is 19.5 Å². The fourth-order valence-corrected chi connectivity index (χ4v) is 3.19. The van der Waals surface area contributed by atoms with Crippen molar-refractivity contribution in [3.05, 3.63) is 46.7 Å². The van der Waals surface area contributed by atoms with Gasteiger partial charge >= 0.3 is 5.97 Å². The quantitative estimate of drug-likeness (QED) is 0.569. The number of Topliss-reactive ketones (excluding diaryl/α,β-unsaturated/α-hetero) is 1. The maximum absolute atomic E-state index is 13.0. The van der Waals surface area contributed by atoms with Crippen LogP contribution < -0.4 is 5.11 Å².